The molecule has 0 aromatic heterocycles. The van der Waals surface area contributed by atoms with E-state index in [1.54, 1.807) is 0 Å². The first-order chi connectivity index (χ1) is 9.66. The summed E-state index contributed by atoms with van der Waals surface area (Å²) in [5, 5.41) is 0. The molecule has 0 amide bonds. The number of hydrogen-bond acceptors (Lipinski definition) is 2. The van der Waals surface area contributed by atoms with Gasteiger partial charge in [0.2, 0.25) is 0 Å². The lowest BCUT2D eigenvalue weighted by molar-refractivity contribution is 0.0761. The fourth-order valence-corrected chi connectivity index (χ4v) is 2.12. The summed E-state index contributed by atoms with van der Waals surface area (Å²) < 4.78 is 5.75. The van der Waals surface area contributed by atoms with Crippen LogP contribution in [0.4, 0.5) is 0 Å². The van der Waals surface area contributed by atoms with Crippen molar-refractivity contribution < 1.29 is 4.74 Å². The molecular formula is C18H23NO. The molecule has 0 aliphatic heterocycles. The van der Waals surface area contributed by atoms with Crippen molar-refractivity contribution in [1.82, 2.24) is 0 Å². The molecule has 20 heavy (non-hydrogen) atoms. The van der Waals surface area contributed by atoms with Crippen LogP contribution in [0.3, 0.4) is 0 Å². The molecule has 2 rings (SSSR count). The Kier molecular flexibility index (Phi) is 5.33. The first-order valence-corrected chi connectivity index (χ1v) is 7.10. The lowest BCUT2D eigenvalue weighted by atomic mass is 9.95. The summed E-state index contributed by atoms with van der Waals surface area (Å²) in [4.78, 5) is 0. The van der Waals surface area contributed by atoms with Crippen LogP contribution in [0.5, 0.6) is 0 Å². The standard InChI is InChI=1S/C18H23NO/c1-18(19,13-12-16-8-4-2-5-9-16)15-20-14-17-10-6-3-7-11-17/h2-11H,12-15,19H2,1H3. The van der Waals surface area contributed by atoms with E-state index in [0.29, 0.717) is 13.2 Å². The van der Waals surface area contributed by atoms with E-state index in [1.807, 2.05) is 24.3 Å². The monoisotopic (exact) mass is 269 g/mol. The van der Waals surface area contributed by atoms with Crippen LogP contribution in [-0.2, 0) is 17.8 Å². The second kappa shape index (κ2) is 7.22. The maximum atomic E-state index is 6.30. The van der Waals surface area contributed by atoms with E-state index in [9.17, 15) is 0 Å². The van der Waals surface area contributed by atoms with Gasteiger partial charge in [0.15, 0.2) is 0 Å². The Morgan fingerprint density at radius 1 is 0.900 bits per heavy atom. The van der Waals surface area contributed by atoms with Gasteiger partial charge in [0, 0.05) is 5.54 Å². The molecule has 0 aliphatic carbocycles. The van der Waals surface area contributed by atoms with Crippen LogP contribution in [0.25, 0.3) is 0 Å². The van der Waals surface area contributed by atoms with E-state index in [4.69, 9.17) is 10.5 Å². The molecule has 0 saturated heterocycles. The molecule has 0 fully saturated rings. The van der Waals surface area contributed by atoms with Gasteiger partial charge in [-0.15, -0.1) is 0 Å². The van der Waals surface area contributed by atoms with Crippen LogP contribution in [0.1, 0.15) is 24.5 Å². The number of ether oxygens (including phenoxy) is 1. The van der Waals surface area contributed by atoms with Gasteiger partial charge in [-0.05, 0) is 30.9 Å². The average Bonchev–Trinajstić information content (AvgIpc) is 2.47. The molecule has 1 atom stereocenters. The van der Waals surface area contributed by atoms with Gasteiger partial charge in [-0.25, -0.2) is 0 Å². The Labute approximate surface area is 121 Å². The Bertz CT molecular complexity index is 493. The molecule has 2 nitrogen and oxygen atoms in total. The first kappa shape index (κ1) is 14.8. The van der Waals surface area contributed by atoms with E-state index in [-0.39, 0.29) is 5.54 Å². The predicted molar refractivity (Wildman–Crippen MR) is 83.5 cm³/mol. The number of aryl methyl sites for hydroxylation is 1. The van der Waals surface area contributed by atoms with Gasteiger partial charge in [0.05, 0.1) is 13.2 Å². The molecule has 2 N–H and O–H groups in total. The summed E-state index contributed by atoms with van der Waals surface area (Å²) in [7, 11) is 0. The van der Waals surface area contributed by atoms with Gasteiger partial charge in [-0.1, -0.05) is 60.7 Å². The zero-order chi connectivity index (χ0) is 14.3. The summed E-state index contributed by atoms with van der Waals surface area (Å²) >= 11 is 0. The molecule has 0 spiro atoms. The molecule has 2 aromatic rings. The number of nitrogens with two attached hydrogens (primary N) is 1. The minimum atomic E-state index is -0.287. The molecule has 0 radical (unpaired) electrons. The van der Waals surface area contributed by atoms with E-state index in [2.05, 4.69) is 43.3 Å². The van der Waals surface area contributed by atoms with E-state index in [0.717, 1.165) is 12.8 Å². The molecule has 2 aromatic carbocycles. The molecule has 2 heteroatoms. The minimum absolute atomic E-state index is 0.287. The summed E-state index contributed by atoms with van der Waals surface area (Å²) in [6.45, 7) is 3.26. The fourth-order valence-electron chi connectivity index (χ4n) is 2.12. The topological polar surface area (TPSA) is 35.2 Å². The zero-order valence-electron chi connectivity index (χ0n) is 12.1. The van der Waals surface area contributed by atoms with Crippen molar-refractivity contribution in [3.8, 4) is 0 Å². The van der Waals surface area contributed by atoms with Crippen LogP contribution in [0.2, 0.25) is 0 Å². The fraction of sp³-hybridized carbons (Fsp3) is 0.333. The summed E-state index contributed by atoms with van der Waals surface area (Å²) in [5.74, 6) is 0. The van der Waals surface area contributed by atoms with Crippen molar-refractivity contribution in [2.24, 2.45) is 5.73 Å². The Balaban J connectivity index is 1.73. The van der Waals surface area contributed by atoms with Crippen molar-refractivity contribution in [3.05, 3.63) is 71.8 Å². The van der Waals surface area contributed by atoms with E-state index < -0.39 is 0 Å². The van der Waals surface area contributed by atoms with Crippen LogP contribution >= 0.6 is 0 Å². The third-order valence-electron chi connectivity index (χ3n) is 3.37. The van der Waals surface area contributed by atoms with Crippen molar-refractivity contribution in [1.29, 1.82) is 0 Å². The smallest absolute Gasteiger partial charge is 0.0717 e. The first-order valence-electron chi connectivity index (χ1n) is 7.10. The molecule has 0 heterocycles. The van der Waals surface area contributed by atoms with Gasteiger partial charge in [-0.3, -0.25) is 0 Å². The normalized spacial score (nSPS) is 13.9. The Hall–Kier alpha value is -1.64. The van der Waals surface area contributed by atoms with Crippen LogP contribution in [-0.4, -0.2) is 12.1 Å². The maximum absolute atomic E-state index is 6.30. The second-order valence-corrected chi connectivity index (χ2v) is 5.62. The SMILES string of the molecule is CC(N)(CCc1ccccc1)COCc1ccccc1. The van der Waals surface area contributed by atoms with Gasteiger partial charge in [0.25, 0.3) is 0 Å². The van der Waals surface area contributed by atoms with Crippen LogP contribution in [0.15, 0.2) is 60.7 Å². The van der Waals surface area contributed by atoms with Gasteiger partial charge < -0.3 is 10.5 Å². The predicted octanol–water partition coefficient (Wildman–Crippen LogP) is 3.55. The molecule has 0 aliphatic rings. The molecule has 0 bridgehead atoms. The van der Waals surface area contributed by atoms with Crippen molar-refractivity contribution in [3.63, 3.8) is 0 Å². The molecule has 1 unspecified atom stereocenters. The highest BCUT2D eigenvalue weighted by atomic mass is 16.5. The van der Waals surface area contributed by atoms with Crippen molar-refractivity contribution >= 4 is 0 Å². The molecular weight excluding hydrogens is 246 g/mol. The number of benzene rings is 2. The second-order valence-electron chi connectivity index (χ2n) is 5.62. The number of hydrogen-bond donors (Lipinski definition) is 1. The highest BCUT2D eigenvalue weighted by molar-refractivity contribution is 5.15. The zero-order valence-corrected chi connectivity index (χ0v) is 12.1. The largest absolute Gasteiger partial charge is 0.375 e. The summed E-state index contributed by atoms with van der Waals surface area (Å²) in [6.07, 6.45) is 1.91. The highest BCUT2D eigenvalue weighted by Gasteiger charge is 2.18. The quantitative estimate of drug-likeness (QED) is 0.834. The summed E-state index contributed by atoms with van der Waals surface area (Å²) in [5.41, 5.74) is 8.53. The van der Waals surface area contributed by atoms with Gasteiger partial charge in [-0.2, -0.15) is 0 Å². The maximum Gasteiger partial charge on any atom is 0.0717 e. The van der Waals surface area contributed by atoms with Gasteiger partial charge >= 0.3 is 0 Å². The lowest BCUT2D eigenvalue weighted by Gasteiger charge is -2.24. The van der Waals surface area contributed by atoms with E-state index in [1.165, 1.54) is 11.1 Å². The third-order valence-corrected chi connectivity index (χ3v) is 3.37. The van der Waals surface area contributed by atoms with Crippen LogP contribution in [0, 0.1) is 0 Å². The van der Waals surface area contributed by atoms with E-state index >= 15 is 0 Å². The van der Waals surface area contributed by atoms with Crippen LogP contribution < -0.4 is 5.73 Å². The third kappa shape index (κ3) is 5.16. The molecule has 106 valence electrons. The average molecular weight is 269 g/mol. The Morgan fingerprint density at radius 2 is 1.45 bits per heavy atom. The summed E-state index contributed by atoms with van der Waals surface area (Å²) in [6, 6.07) is 20.6. The van der Waals surface area contributed by atoms with Crippen molar-refractivity contribution in [2.75, 3.05) is 6.61 Å². The van der Waals surface area contributed by atoms with Crippen molar-refractivity contribution in [2.45, 2.75) is 31.9 Å². The minimum Gasteiger partial charge on any atom is -0.375 e. The Morgan fingerprint density at radius 3 is 2.05 bits per heavy atom. The molecule has 0 saturated carbocycles. The lowest BCUT2D eigenvalue weighted by Crippen LogP contribution is -2.41. The van der Waals surface area contributed by atoms with Gasteiger partial charge in [0.1, 0.15) is 0 Å². The number of rotatable bonds is 7. The highest BCUT2D eigenvalue weighted by Crippen LogP contribution is 2.13.